The number of hydrogen-bond acceptors (Lipinski definition) is 4. The van der Waals surface area contributed by atoms with Gasteiger partial charge in [0.05, 0.1) is 0 Å². The summed E-state index contributed by atoms with van der Waals surface area (Å²) < 4.78 is 0. The number of carboxylic acids is 2. The maximum atomic E-state index is 10.3. The number of unbranched alkanes of at least 4 members (excludes halogenated alkanes) is 6. The van der Waals surface area contributed by atoms with Crippen molar-refractivity contribution in [3.8, 4) is 0 Å². The monoisotopic (exact) mass is 377 g/mol. The fraction of sp³-hybridized carbons (Fsp3) is 0.889. The van der Waals surface area contributed by atoms with E-state index in [0.29, 0.717) is 0 Å². The first-order chi connectivity index (χ1) is 10.4. The van der Waals surface area contributed by atoms with E-state index in [9.17, 15) is 19.8 Å². The molecule has 0 aliphatic carbocycles. The van der Waals surface area contributed by atoms with Crippen LogP contribution in [-0.4, -0.2) is 11.9 Å². The van der Waals surface area contributed by atoms with Gasteiger partial charge >= 0.3 is 17.1 Å². The summed E-state index contributed by atoms with van der Waals surface area (Å²) in [5.74, 6) is -2.37. The zero-order chi connectivity index (χ0) is 17.4. The van der Waals surface area contributed by atoms with E-state index in [-0.39, 0.29) is 28.9 Å². The summed E-state index contributed by atoms with van der Waals surface area (Å²) in [7, 11) is 0. The molecule has 0 aliphatic heterocycles. The maximum Gasteiger partial charge on any atom is 2.00 e. The molecule has 0 aromatic carbocycles. The largest absolute Gasteiger partial charge is 2.00 e. The molecule has 23 heavy (non-hydrogen) atoms. The van der Waals surface area contributed by atoms with Gasteiger partial charge in [-0.2, -0.15) is 0 Å². The molecular weight excluding hydrogens is 344 g/mol. The zero-order valence-electron chi connectivity index (χ0n) is 15.2. The fourth-order valence-electron chi connectivity index (χ4n) is 1.99. The predicted molar refractivity (Wildman–Crippen MR) is 85.9 cm³/mol. The molecule has 4 nitrogen and oxygen atoms in total. The van der Waals surface area contributed by atoms with E-state index in [2.05, 4.69) is 13.8 Å². The van der Waals surface area contributed by atoms with Gasteiger partial charge in [0.2, 0.25) is 0 Å². The summed E-state index contributed by atoms with van der Waals surface area (Å²) in [6, 6.07) is 0. The Hall–Kier alpha value is -0.541. The third-order valence-electron chi connectivity index (χ3n) is 3.79. The SMILES string of the molecule is CCCCCCC(C)C(=O)[O-].CCCCCCC(C)C(=O)[O-].[Cu+2]. The molecule has 2 unspecified atom stereocenters. The Morgan fingerprint density at radius 3 is 1.22 bits per heavy atom. The van der Waals surface area contributed by atoms with Gasteiger partial charge in [-0.05, 0) is 24.7 Å². The average Bonchev–Trinajstić information content (AvgIpc) is 2.48. The van der Waals surface area contributed by atoms with Crippen molar-refractivity contribution in [1.29, 1.82) is 0 Å². The minimum atomic E-state index is -0.915. The van der Waals surface area contributed by atoms with Crippen LogP contribution in [0.15, 0.2) is 0 Å². The van der Waals surface area contributed by atoms with E-state index in [4.69, 9.17) is 0 Å². The van der Waals surface area contributed by atoms with Crippen molar-refractivity contribution in [1.82, 2.24) is 0 Å². The fourth-order valence-corrected chi connectivity index (χ4v) is 1.99. The molecule has 0 bridgehead atoms. The van der Waals surface area contributed by atoms with Gasteiger partial charge < -0.3 is 19.8 Å². The molecule has 0 spiro atoms. The second-order valence-corrected chi connectivity index (χ2v) is 6.14. The predicted octanol–water partition coefficient (Wildman–Crippen LogP) is 2.68. The van der Waals surface area contributed by atoms with Gasteiger partial charge in [-0.15, -0.1) is 0 Å². The van der Waals surface area contributed by atoms with Gasteiger partial charge in [0.15, 0.2) is 0 Å². The number of carbonyl (C=O) groups is 2. The molecule has 0 saturated heterocycles. The van der Waals surface area contributed by atoms with Crippen LogP contribution in [-0.2, 0) is 26.7 Å². The van der Waals surface area contributed by atoms with Crippen LogP contribution >= 0.6 is 0 Å². The zero-order valence-corrected chi connectivity index (χ0v) is 16.1. The Morgan fingerprint density at radius 2 is 1.00 bits per heavy atom. The molecule has 0 amide bonds. The molecular formula is C18H34CuO4. The Bertz CT molecular complexity index is 254. The van der Waals surface area contributed by atoms with Crippen LogP contribution in [0.25, 0.3) is 0 Å². The smallest absolute Gasteiger partial charge is 0.550 e. The minimum absolute atomic E-state index is 0. The summed E-state index contributed by atoms with van der Waals surface area (Å²) in [4.78, 5) is 20.5. The third-order valence-corrected chi connectivity index (χ3v) is 3.79. The Balaban J connectivity index is -0.000000333. The number of carboxylic acid groups (broad SMARTS) is 2. The normalized spacial score (nSPS) is 12.3. The Labute approximate surface area is 152 Å². The van der Waals surface area contributed by atoms with E-state index >= 15 is 0 Å². The van der Waals surface area contributed by atoms with Crippen molar-refractivity contribution in [3.63, 3.8) is 0 Å². The van der Waals surface area contributed by atoms with E-state index < -0.39 is 11.9 Å². The second kappa shape index (κ2) is 19.5. The number of aliphatic carboxylic acids is 2. The van der Waals surface area contributed by atoms with Crippen molar-refractivity contribution >= 4 is 11.9 Å². The topological polar surface area (TPSA) is 80.3 Å². The van der Waals surface area contributed by atoms with Crippen LogP contribution in [0.1, 0.15) is 91.9 Å². The van der Waals surface area contributed by atoms with E-state index in [1.54, 1.807) is 13.8 Å². The van der Waals surface area contributed by atoms with Gasteiger partial charge in [-0.3, -0.25) is 0 Å². The molecule has 2 atom stereocenters. The third kappa shape index (κ3) is 21.5. The molecule has 5 heteroatoms. The van der Waals surface area contributed by atoms with Crippen molar-refractivity contribution < 1.29 is 36.9 Å². The Morgan fingerprint density at radius 1 is 0.696 bits per heavy atom. The minimum Gasteiger partial charge on any atom is -0.550 e. The van der Waals surface area contributed by atoms with Crippen LogP contribution in [0.4, 0.5) is 0 Å². The molecule has 0 aromatic heterocycles. The van der Waals surface area contributed by atoms with Gasteiger partial charge in [0, 0.05) is 11.9 Å². The molecule has 0 aromatic rings. The molecule has 1 radical (unpaired) electrons. The molecule has 0 N–H and O–H groups in total. The number of carbonyl (C=O) groups excluding carboxylic acids is 2. The van der Waals surface area contributed by atoms with Gasteiger partial charge in [0.1, 0.15) is 0 Å². The molecule has 0 heterocycles. The Kier molecular flexibility index (Phi) is 23.2. The van der Waals surface area contributed by atoms with Crippen molar-refractivity contribution in [2.75, 3.05) is 0 Å². The summed E-state index contributed by atoms with van der Waals surface area (Å²) in [5.41, 5.74) is 0. The molecule has 141 valence electrons. The van der Waals surface area contributed by atoms with Gasteiger partial charge in [0.25, 0.3) is 0 Å². The van der Waals surface area contributed by atoms with E-state index in [1.807, 2.05) is 0 Å². The quantitative estimate of drug-likeness (QED) is 0.386. The summed E-state index contributed by atoms with van der Waals surface area (Å²) in [6.45, 7) is 7.70. The molecule has 0 aliphatic rings. The maximum absolute atomic E-state index is 10.3. The molecule has 0 saturated carbocycles. The average molecular weight is 378 g/mol. The molecule has 0 rings (SSSR count). The van der Waals surface area contributed by atoms with Gasteiger partial charge in [-0.1, -0.05) is 79.1 Å². The first-order valence-corrected chi connectivity index (χ1v) is 8.78. The van der Waals surface area contributed by atoms with Crippen LogP contribution in [0, 0.1) is 11.8 Å². The van der Waals surface area contributed by atoms with E-state index in [0.717, 1.165) is 38.5 Å². The van der Waals surface area contributed by atoms with Crippen LogP contribution < -0.4 is 10.2 Å². The second-order valence-electron chi connectivity index (χ2n) is 6.14. The van der Waals surface area contributed by atoms with Crippen molar-refractivity contribution in [3.05, 3.63) is 0 Å². The number of hydrogen-bond donors (Lipinski definition) is 0. The molecule has 0 fully saturated rings. The van der Waals surface area contributed by atoms with Crippen LogP contribution in [0.2, 0.25) is 0 Å². The summed E-state index contributed by atoms with van der Waals surface area (Å²) >= 11 is 0. The number of rotatable bonds is 12. The summed E-state index contributed by atoms with van der Waals surface area (Å²) in [5, 5.41) is 20.5. The van der Waals surface area contributed by atoms with Crippen LogP contribution in [0.5, 0.6) is 0 Å². The first-order valence-electron chi connectivity index (χ1n) is 8.78. The van der Waals surface area contributed by atoms with Crippen molar-refractivity contribution in [2.45, 2.75) is 91.9 Å². The van der Waals surface area contributed by atoms with E-state index in [1.165, 1.54) is 25.7 Å². The first kappa shape index (κ1) is 27.3. The van der Waals surface area contributed by atoms with Crippen LogP contribution in [0.3, 0.4) is 0 Å². The standard InChI is InChI=1S/2C9H18O2.Cu/c2*1-3-4-5-6-7-8(2)9(10)11;/h2*8H,3-7H2,1-2H3,(H,10,11);/q;;+2/p-2. The van der Waals surface area contributed by atoms with Gasteiger partial charge in [-0.25, -0.2) is 0 Å². The summed E-state index contributed by atoms with van der Waals surface area (Å²) in [6.07, 6.45) is 10.7. The van der Waals surface area contributed by atoms with Crippen molar-refractivity contribution in [2.24, 2.45) is 11.8 Å².